The standard InChI is InChI=1S/C14H18N4O2S/c1-3-12-16-10(8-21-12)7-13(19)18-6-4-5-11(18)14-15-9(2)20-17-14/h8,11H,3-7H2,1-2H3. The maximum atomic E-state index is 12.5. The number of thiazole rings is 1. The van der Waals surface area contributed by atoms with Crippen LogP contribution in [0.2, 0.25) is 0 Å². The van der Waals surface area contributed by atoms with Crippen molar-refractivity contribution in [3.63, 3.8) is 0 Å². The Kier molecular flexibility index (Phi) is 4.01. The first kappa shape index (κ1) is 14.2. The summed E-state index contributed by atoms with van der Waals surface area (Å²) in [5, 5.41) is 7.01. The lowest BCUT2D eigenvalue weighted by Crippen LogP contribution is -2.32. The minimum Gasteiger partial charge on any atom is -0.340 e. The van der Waals surface area contributed by atoms with Crippen molar-refractivity contribution < 1.29 is 9.32 Å². The molecule has 1 amide bonds. The van der Waals surface area contributed by atoms with E-state index in [1.165, 1.54) is 0 Å². The summed E-state index contributed by atoms with van der Waals surface area (Å²) in [6.07, 6.45) is 3.13. The first-order valence-corrected chi connectivity index (χ1v) is 8.08. The van der Waals surface area contributed by atoms with Crippen molar-refractivity contribution in [2.24, 2.45) is 0 Å². The van der Waals surface area contributed by atoms with Gasteiger partial charge in [-0.2, -0.15) is 4.98 Å². The van der Waals surface area contributed by atoms with Crippen molar-refractivity contribution in [2.45, 2.75) is 45.6 Å². The lowest BCUT2D eigenvalue weighted by Gasteiger charge is -2.21. The fourth-order valence-corrected chi connectivity index (χ4v) is 3.38. The largest absolute Gasteiger partial charge is 0.340 e. The van der Waals surface area contributed by atoms with Gasteiger partial charge in [-0.05, 0) is 19.3 Å². The highest BCUT2D eigenvalue weighted by atomic mass is 32.1. The molecule has 0 bridgehead atoms. The molecule has 2 aromatic rings. The molecule has 112 valence electrons. The van der Waals surface area contributed by atoms with Gasteiger partial charge in [0.05, 0.1) is 23.2 Å². The fraction of sp³-hybridized carbons (Fsp3) is 0.571. The molecule has 0 spiro atoms. The topological polar surface area (TPSA) is 72.1 Å². The van der Waals surface area contributed by atoms with Crippen molar-refractivity contribution >= 4 is 17.2 Å². The summed E-state index contributed by atoms with van der Waals surface area (Å²) in [5.74, 6) is 1.25. The van der Waals surface area contributed by atoms with Gasteiger partial charge in [0.1, 0.15) is 0 Å². The Hall–Kier alpha value is -1.76. The average molecular weight is 306 g/mol. The second-order valence-electron chi connectivity index (χ2n) is 5.18. The highest BCUT2D eigenvalue weighted by molar-refractivity contribution is 7.09. The van der Waals surface area contributed by atoms with E-state index in [9.17, 15) is 4.79 Å². The fourth-order valence-electron chi connectivity index (χ4n) is 2.63. The van der Waals surface area contributed by atoms with Crippen LogP contribution in [0.5, 0.6) is 0 Å². The van der Waals surface area contributed by atoms with Gasteiger partial charge in [0.2, 0.25) is 11.8 Å². The summed E-state index contributed by atoms with van der Waals surface area (Å²) >= 11 is 1.61. The quantitative estimate of drug-likeness (QED) is 0.866. The number of hydrogen-bond acceptors (Lipinski definition) is 6. The number of likely N-dealkylation sites (tertiary alicyclic amines) is 1. The number of amides is 1. The number of hydrogen-bond donors (Lipinski definition) is 0. The summed E-state index contributed by atoms with van der Waals surface area (Å²) < 4.78 is 5.03. The van der Waals surface area contributed by atoms with Crippen LogP contribution in [0, 0.1) is 6.92 Å². The predicted molar refractivity (Wildman–Crippen MR) is 77.9 cm³/mol. The Morgan fingerprint density at radius 2 is 2.38 bits per heavy atom. The van der Waals surface area contributed by atoms with E-state index < -0.39 is 0 Å². The number of carbonyl (C=O) groups excluding carboxylic acids is 1. The molecule has 6 nitrogen and oxygen atoms in total. The molecule has 1 unspecified atom stereocenters. The Bertz CT molecular complexity index is 636. The minimum atomic E-state index is -0.0563. The lowest BCUT2D eigenvalue weighted by atomic mass is 10.2. The Morgan fingerprint density at radius 3 is 3.05 bits per heavy atom. The van der Waals surface area contributed by atoms with Crippen molar-refractivity contribution in [2.75, 3.05) is 6.54 Å². The highest BCUT2D eigenvalue weighted by Crippen LogP contribution is 2.30. The van der Waals surface area contributed by atoms with Crippen molar-refractivity contribution in [1.82, 2.24) is 20.0 Å². The third kappa shape index (κ3) is 2.97. The van der Waals surface area contributed by atoms with Gasteiger partial charge in [-0.15, -0.1) is 11.3 Å². The smallest absolute Gasteiger partial charge is 0.229 e. The van der Waals surface area contributed by atoms with Crippen LogP contribution in [0.25, 0.3) is 0 Å². The molecule has 0 radical (unpaired) electrons. The van der Waals surface area contributed by atoms with Gasteiger partial charge in [-0.3, -0.25) is 4.79 Å². The minimum absolute atomic E-state index is 0.0563. The van der Waals surface area contributed by atoms with Crippen LogP contribution in [0.1, 0.15) is 48.2 Å². The molecule has 0 saturated carbocycles. The van der Waals surface area contributed by atoms with Gasteiger partial charge in [0.25, 0.3) is 0 Å². The van der Waals surface area contributed by atoms with Gasteiger partial charge in [0, 0.05) is 18.8 Å². The number of rotatable bonds is 4. The maximum absolute atomic E-state index is 12.5. The molecular formula is C14H18N4O2S. The summed E-state index contributed by atoms with van der Waals surface area (Å²) in [7, 11) is 0. The molecule has 7 heteroatoms. The Labute approximate surface area is 127 Å². The molecule has 1 fully saturated rings. The van der Waals surface area contributed by atoms with Crippen LogP contribution in [0.3, 0.4) is 0 Å². The van der Waals surface area contributed by atoms with Crippen LogP contribution in [-0.2, 0) is 17.6 Å². The van der Waals surface area contributed by atoms with E-state index in [1.54, 1.807) is 18.3 Å². The first-order valence-electron chi connectivity index (χ1n) is 7.20. The molecule has 0 aromatic carbocycles. The summed E-state index contributed by atoms with van der Waals surface area (Å²) in [6.45, 7) is 4.58. The van der Waals surface area contributed by atoms with Crippen molar-refractivity contribution in [3.8, 4) is 0 Å². The Morgan fingerprint density at radius 1 is 1.52 bits per heavy atom. The number of nitrogens with zero attached hydrogens (tertiary/aromatic N) is 4. The van der Waals surface area contributed by atoms with Crippen molar-refractivity contribution in [3.05, 3.63) is 27.8 Å². The third-order valence-electron chi connectivity index (χ3n) is 3.65. The molecular weight excluding hydrogens is 288 g/mol. The van der Waals surface area contributed by atoms with E-state index >= 15 is 0 Å². The zero-order valence-electron chi connectivity index (χ0n) is 12.2. The predicted octanol–water partition coefficient (Wildman–Crippen LogP) is 2.30. The van der Waals surface area contributed by atoms with Gasteiger partial charge in [-0.25, -0.2) is 4.98 Å². The molecule has 1 atom stereocenters. The summed E-state index contributed by atoms with van der Waals surface area (Å²) in [5.41, 5.74) is 0.858. The highest BCUT2D eigenvalue weighted by Gasteiger charge is 2.33. The monoisotopic (exact) mass is 306 g/mol. The number of carbonyl (C=O) groups is 1. The van der Waals surface area contributed by atoms with Crippen LogP contribution in [-0.4, -0.2) is 32.5 Å². The van der Waals surface area contributed by atoms with E-state index in [-0.39, 0.29) is 11.9 Å². The normalized spacial score (nSPS) is 18.4. The van der Waals surface area contributed by atoms with E-state index in [1.807, 2.05) is 10.3 Å². The van der Waals surface area contributed by atoms with Crippen LogP contribution < -0.4 is 0 Å². The van der Waals surface area contributed by atoms with E-state index in [0.717, 1.165) is 36.5 Å². The molecule has 1 saturated heterocycles. The molecule has 1 aliphatic rings. The SMILES string of the molecule is CCc1nc(CC(=O)N2CCCC2c2noc(C)n2)cs1. The molecule has 0 aliphatic carbocycles. The summed E-state index contributed by atoms with van der Waals surface area (Å²) in [6, 6.07) is -0.0563. The maximum Gasteiger partial charge on any atom is 0.229 e. The van der Waals surface area contributed by atoms with Gasteiger partial charge < -0.3 is 9.42 Å². The zero-order valence-corrected chi connectivity index (χ0v) is 13.0. The second-order valence-corrected chi connectivity index (χ2v) is 6.12. The van der Waals surface area contributed by atoms with E-state index in [0.29, 0.717) is 18.1 Å². The Balaban J connectivity index is 1.71. The van der Waals surface area contributed by atoms with Gasteiger partial charge in [0.15, 0.2) is 5.82 Å². The molecule has 3 rings (SSSR count). The van der Waals surface area contributed by atoms with Gasteiger partial charge in [-0.1, -0.05) is 12.1 Å². The first-order chi connectivity index (χ1) is 10.2. The van der Waals surface area contributed by atoms with Crippen LogP contribution in [0.15, 0.2) is 9.90 Å². The van der Waals surface area contributed by atoms with Crippen LogP contribution in [0.4, 0.5) is 0 Å². The molecule has 0 N–H and O–H groups in total. The molecule has 2 aromatic heterocycles. The van der Waals surface area contributed by atoms with E-state index in [2.05, 4.69) is 22.0 Å². The average Bonchev–Trinajstić information content (AvgIpc) is 3.17. The van der Waals surface area contributed by atoms with Crippen molar-refractivity contribution in [1.29, 1.82) is 0 Å². The van der Waals surface area contributed by atoms with E-state index in [4.69, 9.17) is 4.52 Å². The second kappa shape index (κ2) is 5.93. The number of aryl methyl sites for hydroxylation is 2. The number of aromatic nitrogens is 3. The third-order valence-corrected chi connectivity index (χ3v) is 4.69. The molecule has 1 aliphatic heterocycles. The van der Waals surface area contributed by atoms with Gasteiger partial charge >= 0.3 is 0 Å². The molecule has 21 heavy (non-hydrogen) atoms. The zero-order chi connectivity index (χ0) is 14.8. The van der Waals surface area contributed by atoms with Crippen LogP contribution >= 0.6 is 11.3 Å². The summed E-state index contributed by atoms with van der Waals surface area (Å²) in [4.78, 5) is 23.1. The molecule has 3 heterocycles. The lowest BCUT2D eigenvalue weighted by molar-refractivity contribution is -0.131.